The van der Waals surface area contributed by atoms with Gasteiger partial charge in [-0.05, 0) is 49.2 Å². The van der Waals surface area contributed by atoms with E-state index in [-0.39, 0.29) is 6.61 Å². The molecule has 2 aromatic rings. The molecule has 0 heterocycles. The van der Waals surface area contributed by atoms with Crippen LogP contribution in [0.4, 0.5) is 14.5 Å². The van der Waals surface area contributed by atoms with Crippen molar-refractivity contribution < 1.29 is 18.3 Å². The minimum absolute atomic E-state index is 0.323. The summed E-state index contributed by atoms with van der Waals surface area (Å²) in [5, 5.41) is 2.16. The second-order valence-corrected chi connectivity index (χ2v) is 4.76. The Morgan fingerprint density at radius 1 is 1.10 bits per heavy atom. The Bertz CT molecular complexity index is 631. The normalized spacial score (nSPS) is 10.3. The van der Waals surface area contributed by atoms with Gasteiger partial charge in [-0.2, -0.15) is 0 Å². The molecular weight excluding hydrogens is 276 g/mol. The fourth-order valence-corrected chi connectivity index (χ4v) is 1.96. The Morgan fingerprint density at radius 3 is 2.24 bits per heavy atom. The number of carbonyl (C=O) groups excluding carboxylic acids is 1. The molecule has 0 fully saturated rings. The van der Waals surface area contributed by atoms with Gasteiger partial charge in [0.25, 0.3) is 5.91 Å². The number of benzene rings is 2. The van der Waals surface area contributed by atoms with Crippen LogP contribution < -0.4 is 10.1 Å². The molecule has 0 radical (unpaired) electrons. The van der Waals surface area contributed by atoms with Crippen molar-refractivity contribution in [2.24, 2.45) is 0 Å². The summed E-state index contributed by atoms with van der Waals surface area (Å²) < 4.78 is 32.1. The molecule has 110 valence electrons. The first kappa shape index (κ1) is 15.0. The van der Waals surface area contributed by atoms with Crippen LogP contribution in [0.15, 0.2) is 36.4 Å². The summed E-state index contributed by atoms with van der Waals surface area (Å²) in [4.78, 5) is 11.7. The number of carbonyl (C=O) groups is 1. The molecule has 0 unspecified atom stereocenters. The van der Waals surface area contributed by atoms with E-state index >= 15 is 0 Å². The summed E-state index contributed by atoms with van der Waals surface area (Å²) in [6, 6.07) is 8.91. The highest BCUT2D eigenvalue weighted by atomic mass is 19.1. The molecule has 2 aromatic carbocycles. The van der Waals surface area contributed by atoms with Crippen molar-refractivity contribution in [3.8, 4) is 5.75 Å². The van der Waals surface area contributed by atoms with Crippen LogP contribution in [-0.4, -0.2) is 12.5 Å². The number of hydrogen-bond acceptors (Lipinski definition) is 2. The van der Waals surface area contributed by atoms with Crippen molar-refractivity contribution in [2.75, 3.05) is 11.9 Å². The van der Waals surface area contributed by atoms with Crippen LogP contribution in [0, 0.1) is 25.5 Å². The van der Waals surface area contributed by atoms with Crippen molar-refractivity contribution >= 4 is 11.6 Å². The van der Waals surface area contributed by atoms with Gasteiger partial charge in [-0.15, -0.1) is 0 Å². The van der Waals surface area contributed by atoms with E-state index in [9.17, 15) is 13.6 Å². The lowest BCUT2D eigenvalue weighted by Gasteiger charge is -2.10. The molecule has 0 saturated heterocycles. The average Bonchev–Trinajstić information content (AvgIpc) is 2.40. The SMILES string of the molecule is Cc1cc(C)cc(OCC(=O)Nc2c(F)cccc2F)c1. The molecule has 0 spiro atoms. The highest BCUT2D eigenvalue weighted by Crippen LogP contribution is 2.19. The monoisotopic (exact) mass is 291 g/mol. The maximum absolute atomic E-state index is 13.4. The highest BCUT2D eigenvalue weighted by molar-refractivity contribution is 5.92. The zero-order chi connectivity index (χ0) is 15.4. The van der Waals surface area contributed by atoms with Crippen LogP contribution in [0.5, 0.6) is 5.75 Å². The van der Waals surface area contributed by atoms with Gasteiger partial charge in [-0.1, -0.05) is 12.1 Å². The van der Waals surface area contributed by atoms with Crippen molar-refractivity contribution in [1.29, 1.82) is 0 Å². The van der Waals surface area contributed by atoms with E-state index in [2.05, 4.69) is 5.32 Å². The molecule has 0 aromatic heterocycles. The number of anilines is 1. The van der Waals surface area contributed by atoms with Crippen LogP contribution in [0.2, 0.25) is 0 Å². The maximum Gasteiger partial charge on any atom is 0.262 e. The second-order valence-electron chi connectivity index (χ2n) is 4.76. The standard InChI is InChI=1S/C16H15F2NO2/c1-10-6-11(2)8-12(7-10)21-9-15(20)19-16-13(17)4-3-5-14(16)18/h3-8H,9H2,1-2H3,(H,19,20). The Kier molecular flexibility index (Phi) is 4.52. The van der Waals surface area contributed by atoms with Gasteiger partial charge >= 0.3 is 0 Å². The largest absolute Gasteiger partial charge is 0.484 e. The Morgan fingerprint density at radius 2 is 1.67 bits per heavy atom. The first-order valence-corrected chi connectivity index (χ1v) is 6.40. The van der Waals surface area contributed by atoms with Gasteiger partial charge < -0.3 is 10.1 Å². The Hall–Kier alpha value is -2.43. The molecule has 0 atom stereocenters. The third-order valence-electron chi connectivity index (χ3n) is 2.79. The molecule has 1 N–H and O–H groups in total. The summed E-state index contributed by atoms with van der Waals surface area (Å²) in [6.45, 7) is 3.50. The Balaban J connectivity index is 1.99. The van der Waals surface area contributed by atoms with Gasteiger partial charge in [0.1, 0.15) is 23.1 Å². The average molecular weight is 291 g/mol. The zero-order valence-electron chi connectivity index (χ0n) is 11.7. The van der Waals surface area contributed by atoms with E-state index in [0.29, 0.717) is 5.75 Å². The molecule has 21 heavy (non-hydrogen) atoms. The summed E-state index contributed by atoms with van der Waals surface area (Å²) in [7, 11) is 0. The molecule has 2 rings (SSSR count). The van der Waals surface area contributed by atoms with Gasteiger partial charge in [0.05, 0.1) is 0 Å². The number of rotatable bonds is 4. The van der Waals surface area contributed by atoms with E-state index < -0.39 is 23.2 Å². The summed E-state index contributed by atoms with van der Waals surface area (Å²) >= 11 is 0. The molecule has 3 nitrogen and oxygen atoms in total. The minimum atomic E-state index is -0.824. The third-order valence-corrected chi connectivity index (χ3v) is 2.79. The van der Waals surface area contributed by atoms with Crippen LogP contribution >= 0.6 is 0 Å². The third kappa shape index (κ3) is 4.02. The van der Waals surface area contributed by atoms with Crippen molar-refractivity contribution in [1.82, 2.24) is 0 Å². The fraction of sp³-hybridized carbons (Fsp3) is 0.188. The predicted octanol–water partition coefficient (Wildman–Crippen LogP) is 3.60. The van der Waals surface area contributed by atoms with Crippen LogP contribution in [0.3, 0.4) is 0 Å². The zero-order valence-corrected chi connectivity index (χ0v) is 11.7. The Labute approximate surface area is 121 Å². The molecule has 0 aliphatic rings. The van der Waals surface area contributed by atoms with Gasteiger partial charge in [0.15, 0.2) is 6.61 Å². The second kappa shape index (κ2) is 6.35. The number of para-hydroxylation sites is 1. The molecule has 0 saturated carbocycles. The van der Waals surface area contributed by atoms with Gasteiger partial charge in [-0.3, -0.25) is 4.79 Å². The summed E-state index contributed by atoms with van der Waals surface area (Å²) in [5.74, 6) is -1.74. The van der Waals surface area contributed by atoms with Gasteiger partial charge in [-0.25, -0.2) is 8.78 Å². The summed E-state index contributed by atoms with van der Waals surface area (Å²) in [6.07, 6.45) is 0. The van der Waals surface area contributed by atoms with E-state index in [4.69, 9.17) is 4.74 Å². The highest BCUT2D eigenvalue weighted by Gasteiger charge is 2.12. The summed E-state index contributed by atoms with van der Waals surface area (Å²) in [5.41, 5.74) is 1.54. The topological polar surface area (TPSA) is 38.3 Å². The van der Waals surface area contributed by atoms with Crippen LogP contribution in [0.25, 0.3) is 0 Å². The lowest BCUT2D eigenvalue weighted by molar-refractivity contribution is -0.118. The first-order chi connectivity index (χ1) is 9.95. The molecule has 1 amide bonds. The smallest absolute Gasteiger partial charge is 0.262 e. The number of amides is 1. The maximum atomic E-state index is 13.4. The quantitative estimate of drug-likeness (QED) is 0.934. The minimum Gasteiger partial charge on any atom is -0.484 e. The molecule has 5 heteroatoms. The van der Waals surface area contributed by atoms with Crippen LogP contribution in [0.1, 0.15) is 11.1 Å². The van der Waals surface area contributed by atoms with Crippen molar-refractivity contribution in [2.45, 2.75) is 13.8 Å². The predicted molar refractivity (Wildman–Crippen MR) is 76.4 cm³/mol. The molecular formula is C16H15F2NO2. The van der Waals surface area contributed by atoms with E-state index in [1.54, 1.807) is 12.1 Å². The number of halogens is 2. The van der Waals surface area contributed by atoms with Crippen molar-refractivity contribution in [3.63, 3.8) is 0 Å². The van der Waals surface area contributed by atoms with E-state index in [1.807, 2.05) is 19.9 Å². The fourth-order valence-electron chi connectivity index (χ4n) is 1.96. The number of aryl methyl sites for hydroxylation is 2. The first-order valence-electron chi connectivity index (χ1n) is 6.40. The van der Waals surface area contributed by atoms with Crippen molar-refractivity contribution in [3.05, 3.63) is 59.2 Å². The molecule has 0 bridgehead atoms. The lowest BCUT2D eigenvalue weighted by Crippen LogP contribution is -2.21. The number of ether oxygens (including phenoxy) is 1. The lowest BCUT2D eigenvalue weighted by atomic mass is 10.1. The van der Waals surface area contributed by atoms with E-state index in [0.717, 1.165) is 23.3 Å². The van der Waals surface area contributed by atoms with Gasteiger partial charge in [0.2, 0.25) is 0 Å². The molecule has 0 aliphatic carbocycles. The van der Waals surface area contributed by atoms with E-state index in [1.165, 1.54) is 6.07 Å². The molecule has 0 aliphatic heterocycles. The van der Waals surface area contributed by atoms with Gasteiger partial charge in [0, 0.05) is 0 Å². The van der Waals surface area contributed by atoms with Crippen LogP contribution in [-0.2, 0) is 4.79 Å². The number of nitrogens with one attached hydrogen (secondary N) is 1. The number of hydrogen-bond donors (Lipinski definition) is 1.